The molecule has 1 saturated heterocycles. The van der Waals surface area contributed by atoms with Crippen LogP contribution in [0, 0.1) is 11.8 Å². The first-order valence-electron chi connectivity index (χ1n) is 12.7. The molecule has 1 N–H and O–H groups in total. The number of fused-ring (bicyclic) bond motifs is 1. The van der Waals surface area contributed by atoms with Crippen molar-refractivity contribution in [2.75, 3.05) is 38.1 Å². The summed E-state index contributed by atoms with van der Waals surface area (Å²) in [6.45, 7) is 5.23. The van der Waals surface area contributed by atoms with E-state index in [-0.39, 0.29) is 18.2 Å². The van der Waals surface area contributed by atoms with Crippen molar-refractivity contribution in [3.8, 4) is 5.75 Å². The van der Waals surface area contributed by atoms with E-state index in [1.165, 1.54) is 11.6 Å². The molecule has 3 aromatic carbocycles. The van der Waals surface area contributed by atoms with Crippen LogP contribution in [0.4, 0.5) is 30.2 Å². The van der Waals surface area contributed by atoms with Crippen molar-refractivity contribution in [1.29, 1.82) is 0 Å². The Bertz CT molecular complexity index is 1510. The van der Waals surface area contributed by atoms with Crippen LogP contribution in [0.5, 0.6) is 5.75 Å². The standard InChI is InChI=1S/C29H27F3N4O4/c1-19-2-9-27-20(14-19)15-24(40-27)17-35-10-12-36(13-11-35)28(37)18-39-23-6-3-21(4-7-23)33-22-5-8-26(34-38)25(16-22)29(30,31)32/h2-9,14-16,33H,10-13,17-18H2,1H3. The quantitative estimate of drug-likeness (QED) is 0.247. The monoisotopic (exact) mass is 552 g/mol. The van der Waals surface area contributed by atoms with Gasteiger partial charge in [0, 0.05) is 42.9 Å². The van der Waals surface area contributed by atoms with Gasteiger partial charge in [0.2, 0.25) is 0 Å². The van der Waals surface area contributed by atoms with Crippen molar-refractivity contribution in [3.05, 3.63) is 88.5 Å². The van der Waals surface area contributed by atoms with Crippen LogP contribution in [0.3, 0.4) is 0 Å². The Morgan fingerprint density at radius 2 is 1.70 bits per heavy atom. The summed E-state index contributed by atoms with van der Waals surface area (Å²) in [5.41, 5.74) is 0.930. The minimum Gasteiger partial charge on any atom is -0.484 e. The summed E-state index contributed by atoms with van der Waals surface area (Å²) in [5, 5.41) is 6.39. The highest BCUT2D eigenvalue weighted by Crippen LogP contribution is 2.38. The van der Waals surface area contributed by atoms with Crippen LogP contribution in [0.25, 0.3) is 11.0 Å². The van der Waals surface area contributed by atoms with Crippen molar-refractivity contribution in [1.82, 2.24) is 9.80 Å². The van der Waals surface area contributed by atoms with Gasteiger partial charge in [0.15, 0.2) is 6.61 Å². The number of aryl methyl sites for hydroxylation is 1. The lowest BCUT2D eigenvalue weighted by Gasteiger charge is -2.34. The van der Waals surface area contributed by atoms with Gasteiger partial charge in [-0.05, 0) is 72.8 Å². The van der Waals surface area contributed by atoms with Crippen LogP contribution in [-0.4, -0.2) is 48.5 Å². The third-order valence-electron chi connectivity index (χ3n) is 6.73. The first-order valence-corrected chi connectivity index (χ1v) is 12.7. The molecule has 1 aliphatic heterocycles. The zero-order valence-electron chi connectivity index (χ0n) is 21.7. The Labute approximate surface area is 228 Å². The summed E-state index contributed by atoms with van der Waals surface area (Å²) in [5.74, 6) is 1.23. The first kappa shape index (κ1) is 27.2. The summed E-state index contributed by atoms with van der Waals surface area (Å²) in [6.07, 6.45) is -4.70. The maximum Gasteiger partial charge on any atom is 0.418 e. The highest BCUT2D eigenvalue weighted by molar-refractivity contribution is 5.79. The summed E-state index contributed by atoms with van der Waals surface area (Å²) in [4.78, 5) is 27.4. The minimum absolute atomic E-state index is 0.120. The minimum atomic E-state index is -4.70. The molecule has 4 aromatic rings. The van der Waals surface area contributed by atoms with Crippen LogP contribution in [0.15, 0.2) is 76.3 Å². The molecule has 0 atom stereocenters. The Hall–Kier alpha value is -4.38. The number of alkyl halides is 3. The molecule has 0 radical (unpaired) electrons. The average molecular weight is 553 g/mol. The van der Waals surface area contributed by atoms with E-state index >= 15 is 0 Å². The van der Waals surface area contributed by atoms with Gasteiger partial charge in [0.25, 0.3) is 5.91 Å². The van der Waals surface area contributed by atoms with Crippen LogP contribution in [-0.2, 0) is 17.5 Å². The van der Waals surface area contributed by atoms with Gasteiger partial charge in [-0.25, -0.2) is 0 Å². The predicted molar refractivity (Wildman–Crippen MR) is 145 cm³/mol. The number of benzene rings is 3. The molecule has 1 aliphatic rings. The van der Waals surface area contributed by atoms with E-state index in [0.29, 0.717) is 31.1 Å². The Kier molecular flexibility index (Phi) is 7.74. The second kappa shape index (κ2) is 11.4. The zero-order valence-corrected chi connectivity index (χ0v) is 21.7. The van der Waals surface area contributed by atoms with Crippen molar-refractivity contribution >= 4 is 33.9 Å². The molecule has 40 heavy (non-hydrogen) atoms. The van der Waals surface area contributed by atoms with Crippen LogP contribution in [0.2, 0.25) is 0 Å². The molecule has 5 rings (SSSR count). The fourth-order valence-corrected chi connectivity index (χ4v) is 4.63. The summed E-state index contributed by atoms with van der Waals surface area (Å²) < 4.78 is 51.1. The topological polar surface area (TPSA) is 87.4 Å². The lowest BCUT2D eigenvalue weighted by Crippen LogP contribution is -2.49. The van der Waals surface area contributed by atoms with Gasteiger partial charge in [-0.2, -0.15) is 13.2 Å². The number of halogens is 3. The van der Waals surface area contributed by atoms with E-state index in [1.54, 1.807) is 29.2 Å². The van der Waals surface area contributed by atoms with E-state index in [4.69, 9.17) is 9.15 Å². The number of hydrogen-bond donors (Lipinski definition) is 1. The number of furan rings is 1. The first-order chi connectivity index (χ1) is 19.2. The highest BCUT2D eigenvalue weighted by Gasteiger charge is 2.34. The molecule has 1 aromatic heterocycles. The molecule has 208 valence electrons. The number of rotatable bonds is 8. The second-order valence-corrected chi connectivity index (χ2v) is 9.67. The van der Waals surface area contributed by atoms with Crippen LogP contribution >= 0.6 is 0 Å². The van der Waals surface area contributed by atoms with E-state index in [0.717, 1.165) is 42.0 Å². The molecule has 11 heteroatoms. The highest BCUT2D eigenvalue weighted by atomic mass is 19.4. The van der Waals surface area contributed by atoms with Gasteiger partial charge in [0.05, 0.1) is 12.1 Å². The van der Waals surface area contributed by atoms with Crippen molar-refractivity contribution in [2.45, 2.75) is 19.6 Å². The normalized spacial score (nSPS) is 14.3. The molecule has 0 unspecified atom stereocenters. The van der Waals surface area contributed by atoms with E-state index in [1.807, 2.05) is 19.1 Å². The maximum absolute atomic E-state index is 13.2. The number of anilines is 2. The predicted octanol–water partition coefficient (Wildman–Crippen LogP) is 6.62. The largest absolute Gasteiger partial charge is 0.484 e. The van der Waals surface area contributed by atoms with E-state index in [9.17, 15) is 22.9 Å². The van der Waals surface area contributed by atoms with Crippen molar-refractivity contribution < 1.29 is 27.1 Å². The molecule has 1 fully saturated rings. The molecule has 0 spiro atoms. The summed E-state index contributed by atoms with van der Waals surface area (Å²) in [6, 6.07) is 17.8. The number of hydrogen-bond acceptors (Lipinski definition) is 7. The fourth-order valence-electron chi connectivity index (χ4n) is 4.63. The fraction of sp³-hybridized carbons (Fsp3) is 0.276. The lowest BCUT2D eigenvalue weighted by molar-refractivity contribution is -0.137. The number of carbonyl (C=O) groups excluding carboxylic acids is 1. The second-order valence-electron chi connectivity index (χ2n) is 9.67. The van der Waals surface area contributed by atoms with Gasteiger partial charge in [-0.3, -0.25) is 9.69 Å². The van der Waals surface area contributed by atoms with E-state index in [2.05, 4.69) is 27.5 Å². The number of piperazine rings is 1. The van der Waals surface area contributed by atoms with Crippen LogP contribution < -0.4 is 10.1 Å². The summed E-state index contributed by atoms with van der Waals surface area (Å²) >= 11 is 0. The lowest BCUT2D eigenvalue weighted by atomic mass is 10.1. The average Bonchev–Trinajstić information content (AvgIpc) is 3.33. The summed E-state index contributed by atoms with van der Waals surface area (Å²) in [7, 11) is 0. The van der Waals surface area contributed by atoms with Gasteiger partial charge >= 0.3 is 6.18 Å². The Morgan fingerprint density at radius 1 is 0.975 bits per heavy atom. The zero-order chi connectivity index (χ0) is 28.3. The van der Waals surface area contributed by atoms with Crippen LogP contribution in [0.1, 0.15) is 16.9 Å². The number of amides is 1. The number of nitrogens with zero attached hydrogens (tertiary/aromatic N) is 3. The SMILES string of the molecule is Cc1ccc2oc(CN3CCN(C(=O)COc4ccc(Nc5ccc(N=O)c(C(F)(F)F)c5)cc4)CC3)cc2c1. The van der Waals surface area contributed by atoms with Gasteiger partial charge < -0.3 is 19.4 Å². The maximum atomic E-state index is 13.2. The molecule has 1 amide bonds. The van der Waals surface area contributed by atoms with E-state index < -0.39 is 17.4 Å². The van der Waals surface area contributed by atoms with Gasteiger partial charge in [0.1, 0.15) is 22.8 Å². The molecular weight excluding hydrogens is 525 g/mol. The number of nitrogens with one attached hydrogen (secondary N) is 1. The molecule has 0 bridgehead atoms. The number of ether oxygens (including phenoxy) is 1. The number of carbonyl (C=O) groups is 1. The smallest absolute Gasteiger partial charge is 0.418 e. The molecule has 0 aliphatic carbocycles. The third kappa shape index (κ3) is 6.42. The van der Waals surface area contributed by atoms with Crippen molar-refractivity contribution in [3.63, 3.8) is 0 Å². The molecule has 2 heterocycles. The Morgan fingerprint density at radius 3 is 2.40 bits per heavy atom. The molecule has 8 nitrogen and oxygen atoms in total. The Balaban J connectivity index is 1.09. The third-order valence-corrected chi connectivity index (χ3v) is 6.73. The van der Waals surface area contributed by atoms with Gasteiger partial charge in [-0.1, -0.05) is 11.6 Å². The number of nitroso groups, excluding NO2 is 1. The molecular formula is C29H27F3N4O4. The van der Waals surface area contributed by atoms with Gasteiger partial charge in [-0.15, -0.1) is 4.91 Å². The molecule has 0 saturated carbocycles. The van der Waals surface area contributed by atoms with Crippen molar-refractivity contribution in [2.24, 2.45) is 5.18 Å².